The predicted octanol–water partition coefficient (Wildman–Crippen LogP) is 2.58. The molecule has 0 bridgehead atoms. The highest BCUT2D eigenvalue weighted by Crippen LogP contribution is 2.12. The number of hydrogen-bond acceptors (Lipinski definition) is 2. The van der Waals surface area contributed by atoms with Crippen LogP contribution in [0.15, 0.2) is 0 Å². The van der Waals surface area contributed by atoms with Crippen LogP contribution in [0.25, 0.3) is 0 Å². The fourth-order valence-electron chi connectivity index (χ4n) is 0.973. The third kappa shape index (κ3) is 6.07. The van der Waals surface area contributed by atoms with Crippen molar-refractivity contribution in [3.8, 4) is 0 Å². The largest absolute Gasteiger partial charge is 0.348 e. The quantitative estimate of drug-likeness (QED) is 0.628. The van der Waals surface area contributed by atoms with Crippen molar-refractivity contribution in [2.24, 2.45) is 5.92 Å². The van der Waals surface area contributed by atoms with Crippen LogP contribution in [0, 0.1) is 5.92 Å². The molecule has 0 N–H and O–H groups in total. The van der Waals surface area contributed by atoms with Crippen LogP contribution in [0.5, 0.6) is 0 Å². The maximum Gasteiger partial charge on any atom is 0.348 e. The molecule has 1 atom stereocenters. The van der Waals surface area contributed by atoms with Crippen LogP contribution < -0.4 is 0 Å². The molecular weight excluding hydrogens is 166 g/mol. The minimum absolute atomic E-state index is 0.0734. The highest BCUT2D eigenvalue weighted by Gasteiger charge is 2.07. The van der Waals surface area contributed by atoms with Crippen molar-refractivity contribution in [3.05, 3.63) is 0 Å². The first-order valence-electron chi connectivity index (χ1n) is 4.08. The maximum atomic E-state index is 11.7. The molecule has 0 rings (SSSR count). The monoisotopic (exact) mass is 180 g/mol. The van der Waals surface area contributed by atoms with E-state index in [1.165, 1.54) is 0 Å². The van der Waals surface area contributed by atoms with Gasteiger partial charge >= 0.3 is 5.97 Å². The topological polar surface area (TPSA) is 26.3 Å². The lowest BCUT2D eigenvalue weighted by Gasteiger charge is -2.07. The van der Waals surface area contributed by atoms with E-state index in [0.29, 0.717) is 12.8 Å². The van der Waals surface area contributed by atoms with Crippen molar-refractivity contribution in [2.75, 3.05) is 6.67 Å². The molecule has 0 saturated heterocycles. The molecule has 4 heteroatoms. The lowest BCUT2D eigenvalue weighted by atomic mass is 10.0. The summed E-state index contributed by atoms with van der Waals surface area (Å²) < 4.78 is 22.8. The lowest BCUT2D eigenvalue weighted by Crippen LogP contribution is -2.02. The third-order valence-electron chi connectivity index (χ3n) is 1.76. The molecule has 0 aromatic carbocycles. The first kappa shape index (κ1) is 11.3. The van der Waals surface area contributed by atoms with Crippen LogP contribution in [-0.2, 0) is 9.74 Å². The van der Waals surface area contributed by atoms with Crippen LogP contribution in [0.2, 0.25) is 0 Å². The van der Waals surface area contributed by atoms with Crippen LogP contribution in [0.4, 0.5) is 8.92 Å². The van der Waals surface area contributed by atoms with E-state index in [4.69, 9.17) is 0 Å². The summed E-state index contributed by atoms with van der Waals surface area (Å²) in [7, 11) is 0. The van der Waals surface area contributed by atoms with Crippen molar-refractivity contribution in [1.29, 1.82) is 0 Å². The van der Waals surface area contributed by atoms with Gasteiger partial charge in [-0.15, -0.1) is 0 Å². The average Bonchev–Trinajstić information content (AvgIpc) is 2.10. The van der Waals surface area contributed by atoms with Gasteiger partial charge in [0.2, 0.25) is 0 Å². The molecule has 0 spiro atoms. The van der Waals surface area contributed by atoms with Crippen molar-refractivity contribution >= 4 is 5.97 Å². The molecular formula is C8H14F2O2. The standard InChI is InChI=1S/C8H14F2O2/c1-7(3-2-6-9)4-5-8(11)12-10/h7H,2-6H2,1H3. The highest BCUT2D eigenvalue weighted by molar-refractivity contribution is 5.68. The van der Waals surface area contributed by atoms with Gasteiger partial charge in [0.15, 0.2) is 0 Å². The van der Waals surface area contributed by atoms with Gasteiger partial charge in [-0.2, -0.15) is 0 Å². The first-order valence-corrected chi connectivity index (χ1v) is 4.08. The molecule has 1 unspecified atom stereocenters. The summed E-state index contributed by atoms with van der Waals surface area (Å²) in [5.41, 5.74) is 0. The number of carbonyl (C=O) groups is 1. The SMILES string of the molecule is CC(CCCF)CCC(=O)OF. The van der Waals surface area contributed by atoms with Gasteiger partial charge in [-0.05, 0) is 25.2 Å². The Bertz CT molecular complexity index is 128. The van der Waals surface area contributed by atoms with Gasteiger partial charge < -0.3 is 0 Å². The Morgan fingerprint density at radius 1 is 1.50 bits per heavy atom. The number of carbonyl (C=O) groups excluding carboxylic acids is 1. The molecule has 0 aliphatic carbocycles. The molecule has 0 aromatic rings. The van der Waals surface area contributed by atoms with E-state index in [2.05, 4.69) is 4.94 Å². The Morgan fingerprint density at radius 3 is 2.67 bits per heavy atom. The van der Waals surface area contributed by atoms with E-state index in [9.17, 15) is 13.7 Å². The molecule has 0 saturated carbocycles. The molecule has 72 valence electrons. The van der Waals surface area contributed by atoms with Crippen LogP contribution >= 0.6 is 0 Å². The zero-order valence-electron chi connectivity index (χ0n) is 7.19. The Balaban J connectivity index is 3.30. The van der Waals surface area contributed by atoms with E-state index in [1.807, 2.05) is 6.92 Å². The van der Waals surface area contributed by atoms with Gasteiger partial charge in [-0.25, -0.2) is 4.79 Å². The zero-order valence-corrected chi connectivity index (χ0v) is 7.19. The third-order valence-corrected chi connectivity index (χ3v) is 1.76. The Labute approximate surface area is 70.8 Å². The summed E-state index contributed by atoms with van der Waals surface area (Å²) in [5, 5.41) is 0. The minimum Gasteiger partial charge on any atom is -0.255 e. The predicted molar refractivity (Wildman–Crippen MR) is 40.8 cm³/mol. The number of rotatable bonds is 6. The second kappa shape index (κ2) is 7.00. The van der Waals surface area contributed by atoms with Crippen molar-refractivity contribution < 1.29 is 18.7 Å². The van der Waals surface area contributed by atoms with Gasteiger partial charge in [0, 0.05) is 10.9 Å². The minimum atomic E-state index is -0.845. The van der Waals surface area contributed by atoms with Crippen LogP contribution in [0.1, 0.15) is 32.6 Å². The molecule has 0 aromatic heterocycles. The van der Waals surface area contributed by atoms with Crippen LogP contribution in [0.3, 0.4) is 0 Å². The van der Waals surface area contributed by atoms with Gasteiger partial charge in [0.1, 0.15) is 0 Å². The smallest absolute Gasteiger partial charge is 0.255 e. The van der Waals surface area contributed by atoms with Crippen LogP contribution in [-0.4, -0.2) is 12.6 Å². The first-order chi connectivity index (χ1) is 5.70. The van der Waals surface area contributed by atoms with Gasteiger partial charge in [0.05, 0.1) is 6.67 Å². The van der Waals surface area contributed by atoms with E-state index in [0.717, 1.165) is 6.42 Å². The van der Waals surface area contributed by atoms with E-state index in [-0.39, 0.29) is 19.0 Å². The van der Waals surface area contributed by atoms with Crippen molar-refractivity contribution in [1.82, 2.24) is 0 Å². The lowest BCUT2D eigenvalue weighted by molar-refractivity contribution is -0.183. The summed E-state index contributed by atoms with van der Waals surface area (Å²) in [6.07, 6.45) is 1.87. The van der Waals surface area contributed by atoms with E-state index in [1.54, 1.807) is 0 Å². The molecule has 0 aliphatic rings. The summed E-state index contributed by atoms with van der Waals surface area (Å²) in [4.78, 5) is 13.3. The average molecular weight is 180 g/mol. The summed E-state index contributed by atoms with van der Waals surface area (Å²) in [5.74, 6) is -0.595. The highest BCUT2D eigenvalue weighted by atomic mass is 19.3. The van der Waals surface area contributed by atoms with E-state index < -0.39 is 5.97 Å². The Kier molecular flexibility index (Phi) is 6.61. The Morgan fingerprint density at radius 2 is 2.17 bits per heavy atom. The van der Waals surface area contributed by atoms with Crippen molar-refractivity contribution in [3.63, 3.8) is 0 Å². The van der Waals surface area contributed by atoms with E-state index >= 15 is 0 Å². The Hall–Kier alpha value is -0.670. The second-order valence-corrected chi connectivity index (χ2v) is 2.92. The molecule has 12 heavy (non-hydrogen) atoms. The molecule has 2 nitrogen and oxygen atoms in total. The second-order valence-electron chi connectivity index (χ2n) is 2.92. The summed E-state index contributed by atoms with van der Waals surface area (Å²) >= 11 is 0. The zero-order chi connectivity index (χ0) is 9.40. The number of alkyl halides is 1. The molecule has 0 heterocycles. The number of halogens is 2. The fourth-order valence-corrected chi connectivity index (χ4v) is 0.973. The van der Waals surface area contributed by atoms with Gasteiger partial charge in [0.25, 0.3) is 0 Å². The van der Waals surface area contributed by atoms with Gasteiger partial charge in [-0.1, -0.05) is 6.92 Å². The van der Waals surface area contributed by atoms with Crippen molar-refractivity contribution in [2.45, 2.75) is 32.6 Å². The fraction of sp³-hybridized carbons (Fsp3) is 0.875. The molecule has 0 fully saturated rings. The summed E-state index contributed by atoms with van der Waals surface area (Å²) in [6.45, 7) is 1.57. The molecule has 0 aliphatic heterocycles. The van der Waals surface area contributed by atoms with Gasteiger partial charge in [-0.3, -0.25) is 9.33 Å². The normalized spacial score (nSPS) is 12.6. The summed E-state index contributed by atoms with van der Waals surface area (Å²) in [6, 6.07) is 0. The molecule has 0 radical (unpaired) electrons. The molecule has 0 amide bonds. The maximum absolute atomic E-state index is 11.7. The number of hydrogen-bond donors (Lipinski definition) is 0.